The van der Waals surface area contributed by atoms with Crippen LogP contribution in [0.4, 0.5) is 4.79 Å². The third-order valence-electron chi connectivity index (χ3n) is 3.47. The average Bonchev–Trinajstić information content (AvgIpc) is 2.81. The summed E-state index contributed by atoms with van der Waals surface area (Å²) in [7, 11) is 0. The highest BCUT2D eigenvalue weighted by Crippen LogP contribution is 2.39. The molecule has 0 saturated carbocycles. The molecule has 0 radical (unpaired) electrons. The first-order valence-corrected chi connectivity index (χ1v) is 7.43. The molecule has 1 fully saturated rings. The van der Waals surface area contributed by atoms with Crippen molar-refractivity contribution < 1.29 is 14.6 Å². The zero-order valence-corrected chi connectivity index (χ0v) is 13.3. The molecule has 1 aromatic rings. The number of amides is 1. The summed E-state index contributed by atoms with van der Waals surface area (Å²) in [6.07, 6.45) is 4.30. The molecule has 1 aliphatic heterocycles. The SMILES string of the molecule is CC(C)(C)OC(=O)N1[C@H](CO)CC[C@@H]1c1cnccc1Cl. The second-order valence-electron chi connectivity index (χ2n) is 6.21. The third kappa shape index (κ3) is 3.66. The summed E-state index contributed by atoms with van der Waals surface area (Å²) < 4.78 is 5.46. The van der Waals surface area contributed by atoms with Crippen molar-refractivity contribution >= 4 is 17.7 Å². The molecule has 2 atom stereocenters. The smallest absolute Gasteiger partial charge is 0.411 e. The monoisotopic (exact) mass is 312 g/mol. The summed E-state index contributed by atoms with van der Waals surface area (Å²) in [5.41, 5.74) is 0.212. The Morgan fingerprint density at radius 2 is 2.24 bits per heavy atom. The van der Waals surface area contributed by atoms with Crippen molar-refractivity contribution in [3.8, 4) is 0 Å². The number of hydrogen-bond acceptors (Lipinski definition) is 4. The van der Waals surface area contributed by atoms with Crippen LogP contribution in [0, 0.1) is 0 Å². The number of pyridine rings is 1. The number of aromatic nitrogens is 1. The van der Waals surface area contributed by atoms with Gasteiger partial charge in [0.05, 0.1) is 18.7 Å². The second-order valence-corrected chi connectivity index (χ2v) is 6.62. The van der Waals surface area contributed by atoms with Crippen molar-refractivity contribution in [3.05, 3.63) is 29.0 Å². The molecule has 116 valence electrons. The number of aliphatic hydroxyl groups excluding tert-OH is 1. The van der Waals surface area contributed by atoms with Crippen LogP contribution >= 0.6 is 11.6 Å². The molecule has 0 aromatic carbocycles. The topological polar surface area (TPSA) is 62.7 Å². The van der Waals surface area contributed by atoms with Crippen molar-refractivity contribution in [1.29, 1.82) is 0 Å². The predicted octanol–water partition coefficient (Wildman–Crippen LogP) is 3.17. The summed E-state index contributed by atoms with van der Waals surface area (Å²) >= 11 is 6.22. The highest BCUT2D eigenvalue weighted by Gasteiger charge is 2.40. The maximum Gasteiger partial charge on any atom is 0.411 e. The number of nitrogens with zero attached hydrogens (tertiary/aromatic N) is 2. The minimum absolute atomic E-state index is 0.0897. The third-order valence-corrected chi connectivity index (χ3v) is 3.82. The van der Waals surface area contributed by atoms with Gasteiger partial charge in [-0.05, 0) is 39.7 Å². The molecule has 21 heavy (non-hydrogen) atoms. The quantitative estimate of drug-likeness (QED) is 0.911. The Balaban J connectivity index is 2.29. The molecular formula is C15H21ClN2O3. The van der Waals surface area contributed by atoms with Crippen molar-refractivity contribution in [2.45, 2.75) is 51.3 Å². The molecule has 5 nitrogen and oxygen atoms in total. The van der Waals surface area contributed by atoms with Crippen LogP contribution in [0.15, 0.2) is 18.5 Å². The van der Waals surface area contributed by atoms with Crippen LogP contribution in [-0.2, 0) is 4.74 Å². The molecule has 1 N–H and O–H groups in total. The Morgan fingerprint density at radius 3 is 2.81 bits per heavy atom. The van der Waals surface area contributed by atoms with Gasteiger partial charge in [-0.25, -0.2) is 4.79 Å². The van der Waals surface area contributed by atoms with Crippen LogP contribution in [-0.4, -0.2) is 39.3 Å². The molecule has 2 rings (SSSR count). The number of aliphatic hydroxyl groups is 1. The molecule has 1 aliphatic rings. The molecule has 0 unspecified atom stereocenters. The highest BCUT2D eigenvalue weighted by molar-refractivity contribution is 6.31. The summed E-state index contributed by atoms with van der Waals surface area (Å²) in [6.45, 7) is 5.37. The van der Waals surface area contributed by atoms with E-state index in [0.717, 1.165) is 12.0 Å². The normalized spacial score (nSPS) is 22.4. The zero-order valence-electron chi connectivity index (χ0n) is 12.5. The van der Waals surface area contributed by atoms with Crippen LogP contribution in [0.25, 0.3) is 0 Å². The standard InChI is InChI=1S/C15H21ClN2O3/c1-15(2,3)21-14(20)18-10(9-19)4-5-13(18)11-8-17-7-6-12(11)16/h6-8,10,13,19H,4-5,9H2,1-3H3/t10-,13+/m0/s1. The highest BCUT2D eigenvalue weighted by atomic mass is 35.5. The van der Waals surface area contributed by atoms with E-state index < -0.39 is 11.7 Å². The first kappa shape index (κ1) is 16.0. The number of halogens is 1. The Morgan fingerprint density at radius 1 is 1.52 bits per heavy atom. The van der Waals surface area contributed by atoms with Gasteiger partial charge in [0.2, 0.25) is 0 Å². The number of carbonyl (C=O) groups is 1. The Bertz CT molecular complexity index is 516. The molecule has 1 aromatic heterocycles. The molecule has 1 saturated heterocycles. The van der Waals surface area contributed by atoms with Crippen molar-refractivity contribution in [2.24, 2.45) is 0 Å². The summed E-state index contributed by atoms with van der Waals surface area (Å²) in [6, 6.07) is 1.25. The molecule has 6 heteroatoms. The number of ether oxygens (including phenoxy) is 1. The first-order chi connectivity index (χ1) is 9.83. The lowest BCUT2D eigenvalue weighted by Gasteiger charge is -2.32. The van der Waals surface area contributed by atoms with E-state index in [1.54, 1.807) is 23.4 Å². The van der Waals surface area contributed by atoms with Crippen molar-refractivity contribution in [3.63, 3.8) is 0 Å². The Kier molecular flexibility index (Phi) is 4.74. The van der Waals surface area contributed by atoms with Gasteiger partial charge in [0, 0.05) is 23.0 Å². The van der Waals surface area contributed by atoms with Crippen LogP contribution in [0.3, 0.4) is 0 Å². The van der Waals surface area contributed by atoms with E-state index in [1.165, 1.54) is 0 Å². The number of rotatable bonds is 2. The number of hydrogen-bond donors (Lipinski definition) is 1. The lowest BCUT2D eigenvalue weighted by Crippen LogP contribution is -2.42. The van der Waals surface area contributed by atoms with E-state index >= 15 is 0 Å². The van der Waals surface area contributed by atoms with Crippen LogP contribution in [0.2, 0.25) is 5.02 Å². The minimum atomic E-state index is -0.580. The van der Waals surface area contributed by atoms with Crippen LogP contribution in [0.1, 0.15) is 45.2 Å². The van der Waals surface area contributed by atoms with E-state index in [-0.39, 0.29) is 18.7 Å². The fourth-order valence-corrected chi connectivity index (χ4v) is 2.82. The number of carbonyl (C=O) groups excluding carboxylic acids is 1. The molecular weight excluding hydrogens is 292 g/mol. The van der Waals surface area contributed by atoms with Gasteiger partial charge in [-0.3, -0.25) is 9.88 Å². The van der Waals surface area contributed by atoms with Crippen molar-refractivity contribution in [1.82, 2.24) is 9.88 Å². The summed E-state index contributed by atoms with van der Waals surface area (Å²) in [5, 5.41) is 10.1. The zero-order chi connectivity index (χ0) is 15.6. The van der Waals surface area contributed by atoms with Gasteiger partial charge < -0.3 is 9.84 Å². The minimum Gasteiger partial charge on any atom is -0.444 e. The molecule has 1 amide bonds. The van der Waals surface area contributed by atoms with E-state index in [2.05, 4.69) is 4.98 Å². The van der Waals surface area contributed by atoms with E-state index in [9.17, 15) is 9.90 Å². The van der Waals surface area contributed by atoms with Gasteiger partial charge in [-0.1, -0.05) is 11.6 Å². The predicted molar refractivity (Wildman–Crippen MR) is 80.2 cm³/mol. The van der Waals surface area contributed by atoms with E-state index in [1.807, 2.05) is 20.8 Å². The largest absolute Gasteiger partial charge is 0.444 e. The van der Waals surface area contributed by atoms with Gasteiger partial charge in [0.25, 0.3) is 0 Å². The lowest BCUT2D eigenvalue weighted by atomic mass is 10.1. The van der Waals surface area contributed by atoms with Gasteiger partial charge in [-0.15, -0.1) is 0 Å². The summed E-state index contributed by atoms with van der Waals surface area (Å²) in [5.74, 6) is 0. The van der Waals surface area contributed by atoms with Crippen LogP contribution in [0.5, 0.6) is 0 Å². The Labute approximate surface area is 129 Å². The molecule has 0 spiro atoms. The van der Waals surface area contributed by atoms with Gasteiger partial charge in [-0.2, -0.15) is 0 Å². The fraction of sp³-hybridized carbons (Fsp3) is 0.600. The van der Waals surface area contributed by atoms with Gasteiger partial charge in [0.15, 0.2) is 0 Å². The molecule has 2 heterocycles. The molecule has 0 aliphatic carbocycles. The Hall–Kier alpha value is -1.33. The van der Waals surface area contributed by atoms with Crippen LogP contribution < -0.4 is 0 Å². The van der Waals surface area contributed by atoms with Gasteiger partial charge in [0.1, 0.15) is 5.60 Å². The average molecular weight is 313 g/mol. The number of likely N-dealkylation sites (tertiary alicyclic amines) is 1. The van der Waals surface area contributed by atoms with Crippen molar-refractivity contribution in [2.75, 3.05) is 6.61 Å². The first-order valence-electron chi connectivity index (χ1n) is 7.05. The maximum atomic E-state index is 12.5. The summed E-state index contributed by atoms with van der Waals surface area (Å²) in [4.78, 5) is 18.1. The van der Waals surface area contributed by atoms with E-state index in [0.29, 0.717) is 11.4 Å². The van der Waals surface area contributed by atoms with Gasteiger partial charge >= 0.3 is 6.09 Å². The fourth-order valence-electron chi connectivity index (χ4n) is 2.59. The lowest BCUT2D eigenvalue weighted by molar-refractivity contribution is 0.00867. The molecule has 0 bridgehead atoms. The maximum absolute atomic E-state index is 12.5. The second kappa shape index (κ2) is 6.20. The van der Waals surface area contributed by atoms with E-state index in [4.69, 9.17) is 16.3 Å².